The number of benzene rings is 2. The largest absolute Gasteiger partial charge is 0.491 e. The fourth-order valence-corrected chi connectivity index (χ4v) is 2.78. The Morgan fingerprint density at radius 1 is 1.12 bits per heavy atom. The number of nitrogens with zero attached hydrogens (tertiary/aromatic N) is 1. The maximum atomic E-state index is 12.4. The van der Waals surface area contributed by atoms with E-state index in [1.165, 1.54) is 0 Å². The topological polar surface area (TPSA) is 63.5 Å². The van der Waals surface area contributed by atoms with Crippen molar-refractivity contribution in [2.24, 2.45) is 0 Å². The summed E-state index contributed by atoms with van der Waals surface area (Å²) in [5.41, 5.74) is 3.80. The molecular weight excluding hydrogens is 303 g/mol. The van der Waals surface area contributed by atoms with Crippen molar-refractivity contribution in [1.29, 1.82) is 0 Å². The van der Waals surface area contributed by atoms with Crippen LogP contribution in [0.25, 0.3) is 5.69 Å². The van der Waals surface area contributed by atoms with Gasteiger partial charge in [0.1, 0.15) is 0 Å². The van der Waals surface area contributed by atoms with Crippen molar-refractivity contribution in [3.8, 4) is 5.69 Å². The van der Waals surface area contributed by atoms with Gasteiger partial charge in [0, 0.05) is 29.3 Å². The van der Waals surface area contributed by atoms with Gasteiger partial charge in [-0.15, -0.1) is 0 Å². The summed E-state index contributed by atoms with van der Waals surface area (Å²) < 4.78 is 7.14. The van der Waals surface area contributed by atoms with Gasteiger partial charge in [-0.25, -0.2) is 0 Å². The monoisotopic (exact) mass is 318 g/mol. The number of amides is 1. The third kappa shape index (κ3) is 2.73. The van der Waals surface area contributed by atoms with Crippen LogP contribution in [0.4, 0.5) is 5.69 Å². The van der Waals surface area contributed by atoms with Gasteiger partial charge in [0.2, 0.25) is 0 Å². The maximum absolute atomic E-state index is 12.4. The number of rotatable bonds is 3. The van der Waals surface area contributed by atoms with E-state index in [2.05, 4.69) is 5.32 Å². The molecule has 5 nitrogen and oxygen atoms in total. The first-order chi connectivity index (χ1) is 11.7. The van der Waals surface area contributed by atoms with Crippen LogP contribution >= 0.6 is 0 Å². The van der Waals surface area contributed by atoms with Crippen LogP contribution in [0.15, 0.2) is 67.0 Å². The molecule has 0 bridgehead atoms. The molecule has 2 N–H and O–H groups in total. The summed E-state index contributed by atoms with van der Waals surface area (Å²) in [5, 5.41) is 12.6. The van der Waals surface area contributed by atoms with E-state index in [1.54, 1.807) is 12.1 Å². The quantitative estimate of drug-likeness (QED) is 0.726. The van der Waals surface area contributed by atoms with E-state index in [0.29, 0.717) is 23.3 Å². The lowest BCUT2D eigenvalue weighted by Crippen LogP contribution is -2.29. The molecule has 4 rings (SSSR count). The molecule has 118 valence electrons. The number of hydrogen-bond acceptors (Lipinski definition) is 3. The lowest BCUT2D eigenvalue weighted by atomic mass is 9.79. The molecule has 0 unspecified atom stereocenters. The van der Waals surface area contributed by atoms with E-state index in [1.807, 2.05) is 59.4 Å². The van der Waals surface area contributed by atoms with Crippen molar-refractivity contribution < 1.29 is 14.5 Å². The number of carbonyl (C=O) groups excluding carboxylic acids is 1. The molecule has 1 aromatic heterocycles. The second-order valence-corrected chi connectivity index (χ2v) is 5.67. The third-order valence-electron chi connectivity index (χ3n) is 4.10. The second-order valence-electron chi connectivity index (χ2n) is 5.67. The van der Waals surface area contributed by atoms with E-state index in [0.717, 1.165) is 11.3 Å². The number of aromatic nitrogens is 1. The highest BCUT2D eigenvalue weighted by Gasteiger charge is 2.27. The normalized spacial score (nSPS) is 13.0. The Morgan fingerprint density at radius 2 is 1.88 bits per heavy atom. The smallest absolute Gasteiger partial charge is 0.423 e. The summed E-state index contributed by atoms with van der Waals surface area (Å²) in [6.07, 6.45) is 3.93. The number of nitrogens with one attached hydrogen (secondary N) is 1. The Morgan fingerprint density at radius 3 is 2.62 bits per heavy atom. The van der Waals surface area contributed by atoms with Gasteiger partial charge in [0.05, 0.1) is 6.61 Å². The minimum absolute atomic E-state index is 0.217. The number of anilines is 1. The molecule has 3 aromatic rings. The number of fused-ring (bicyclic) bond motifs is 1. The van der Waals surface area contributed by atoms with Gasteiger partial charge < -0.3 is 19.6 Å². The minimum atomic E-state index is -0.950. The van der Waals surface area contributed by atoms with Crippen LogP contribution < -0.4 is 10.8 Å². The summed E-state index contributed by atoms with van der Waals surface area (Å²) >= 11 is 0. The third-order valence-corrected chi connectivity index (χ3v) is 4.10. The second kappa shape index (κ2) is 6.00. The van der Waals surface area contributed by atoms with E-state index in [9.17, 15) is 9.82 Å². The van der Waals surface area contributed by atoms with Crippen LogP contribution in [0.1, 0.15) is 15.9 Å². The summed E-state index contributed by atoms with van der Waals surface area (Å²) in [6.45, 7) is 0.374. The highest BCUT2D eigenvalue weighted by atomic mass is 16.5. The van der Waals surface area contributed by atoms with Gasteiger partial charge in [0.15, 0.2) is 0 Å². The Hall–Kier alpha value is -2.83. The Bertz CT molecular complexity index is 876. The summed E-state index contributed by atoms with van der Waals surface area (Å²) in [4.78, 5) is 12.4. The summed E-state index contributed by atoms with van der Waals surface area (Å²) in [6, 6.07) is 16.8. The summed E-state index contributed by atoms with van der Waals surface area (Å²) in [7, 11) is -0.950. The van der Waals surface area contributed by atoms with Crippen molar-refractivity contribution in [1.82, 2.24) is 4.57 Å². The van der Waals surface area contributed by atoms with Gasteiger partial charge >= 0.3 is 7.12 Å². The highest BCUT2D eigenvalue weighted by Crippen LogP contribution is 2.16. The Labute approximate surface area is 139 Å². The molecule has 0 aliphatic carbocycles. The molecule has 2 aromatic carbocycles. The first-order valence-corrected chi connectivity index (χ1v) is 7.68. The Kier molecular flexibility index (Phi) is 3.68. The lowest BCUT2D eigenvalue weighted by Gasteiger charge is -2.08. The fraction of sp³-hybridized carbons (Fsp3) is 0.0556. The van der Waals surface area contributed by atoms with Crippen LogP contribution in [0.5, 0.6) is 0 Å². The SMILES string of the molecule is O=C(Nc1ccc(-n2cccc2)cc1)c1ccc2c(c1)B(O)OC2. The first kappa shape index (κ1) is 14.7. The zero-order valence-electron chi connectivity index (χ0n) is 12.8. The van der Waals surface area contributed by atoms with Gasteiger partial charge in [0.25, 0.3) is 5.91 Å². The molecule has 0 spiro atoms. The molecule has 6 heteroatoms. The molecule has 0 saturated heterocycles. The molecule has 0 atom stereocenters. The van der Waals surface area contributed by atoms with Crippen molar-refractivity contribution >= 4 is 24.2 Å². The predicted octanol–water partition coefficient (Wildman–Crippen LogP) is 1.95. The molecule has 1 amide bonds. The first-order valence-electron chi connectivity index (χ1n) is 7.68. The molecule has 1 aliphatic heterocycles. The average molecular weight is 318 g/mol. The van der Waals surface area contributed by atoms with E-state index < -0.39 is 7.12 Å². The van der Waals surface area contributed by atoms with Gasteiger partial charge in [-0.2, -0.15) is 0 Å². The van der Waals surface area contributed by atoms with Crippen LogP contribution in [0.3, 0.4) is 0 Å². The summed E-state index contributed by atoms with van der Waals surface area (Å²) in [5.74, 6) is -0.217. The van der Waals surface area contributed by atoms with Crippen molar-refractivity contribution in [3.63, 3.8) is 0 Å². The van der Waals surface area contributed by atoms with Crippen LogP contribution in [0.2, 0.25) is 0 Å². The van der Waals surface area contributed by atoms with Crippen LogP contribution in [0, 0.1) is 0 Å². The van der Waals surface area contributed by atoms with Gasteiger partial charge in [-0.3, -0.25) is 4.79 Å². The zero-order chi connectivity index (χ0) is 16.5. The van der Waals surface area contributed by atoms with Gasteiger partial charge in [-0.05, 0) is 59.6 Å². The van der Waals surface area contributed by atoms with E-state index >= 15 is 0 Å². The molecule has 24 heavy (non-hydrogen) atoms. The molecule has 0 saturated carbocycles. The van der Waals surface area contributed by atoms with Crippen molar-refractivity contribution in [2.45, 2.75) is 6.61 Å². The maximum Gasteiger partial charge on any atom is 0.491 e. The van der Waals surface area contributed by atoms with Crippen LogP contribution in [-0.4, -0.2) is 22.6 Å². The predicted molar refractivity (Wildman–Crippen MR) is 92.6 cm³/mol. The zero-order valence-corrected chi connectivity index (χ0v) is 12.8. The van der Waals surface area contributed by atoms with E-state index in [4.69, 9.17) is 4.65 Å². The Balaban J connectivity index is 1.51. The molecule has 0 radical (unpaired) electrons. The van der Waals surface area contributed by atoms with E-state index in [-0.39, 0.29) is 5.91 Å². The average Bonchev–Trinajstić information content (AvgIpc) is 3.26. The number of hydrogen-bond donors (Lipinski definition) is 2. The van der Waals surface area contributed by atoms with Crippen LogP contribution in [-0.2, 0) is 11.3 Å². The standard InChI is InChI=1S/C18H15BN2O3/c22-18(13-3-4-14-12-24-19(23)17(14)11-13)20-15-5-7-16(8-6-15)21-9-1-2-10-21/h1-11,23H,12H2,(H,20,22). The molecule has 1 aliphatic rings. The molecule has 2 heterocycles. The lowest BCUT2D eigenvalue weighted by molar-refractivity contribution is 0.102. The molecular formula is C18H15BN2O3. The minimum Gasteiger partial charge on any atom is -0.423 e. The van der Waals surface area contributed by atoms with Crippen molar-refractivity contribution in [3.05, 3.63) is 78.1 Å². The van der Waals surface area contributed by atoms with Gasteiger partial charge in [-0.1, -0.05) is 6.07 Å². The molecule has 0 fully saturated rings. The highest BCUT2D eigenvalue weighted by molar-refractivity contribution is 6.61. The number of carbonyl (C=O) groups is 1. The van der Waals surface area contributed by atoms with Crippen molar-refractivity contribution in [2.75, 3.05) is 5.32 Å². The fourth-order valence-electron chi connectivity index (χ4n) is 2.78.